The van der Waals surface area contributed by atoms with Crippen LogP contribution in [0.15, 0.2) is 54.6 Å². The first-order valence-corrected chi connectivity index (χ1v) is 7.32. The third-order valence-corrected chi connectivity index (χ3v) is 4.79. The third-order valence-electron chi connectivity index (χ3n) is 4.79. The average Bonchev–Trinajstić information content (AvgIpc) is 2.83. The molecule has 0 fully saturated rings. The fraction of sp³-hybridized carbons (Fsp3) is 0.333. The van der Waals surface area contributed by atoms with Gasteiger partial charge in [-0.25, -0.2) is 0 Å². The maximum Gasteiger partial charge on any atom is 0.136 e. The molecule has 1 aliphatic rings. The van der Waals surface area contributed by atoms with Crippen molar-refractivity contribution in [2.45, 2.75) is 26.3 Å². The van der Waals surface area contributed by atoms with Crippen molar-refractivity contribution in [1.82, 2.24) is 4.48 Å². The first-order chi connectivity index (χ1) is 9.31. The number of benzene rings is 2. The van der Waals surface area contributed by atoms with E-state index in [1.807, 2.05) is 0 Å². The van der Waals surface area contributed by atoms with Gasteiger partial charge in [0.2, 0.25) is 0 Å². The molecule has 1 heterocycles. The summed E-state index contributed by atoms with van der Waals surface area (Å²) < 4.78 is 1.10. The van der Waals surface area contributed by atoms with Crippen molar-refractivity contribution in [3.63, 3.8) is 0 Å². The lowest BCUT2D eigenvalue weighted by Crippen LogP contribution is -2.49. The molecule has 0 saturated heterocycles. The van der Waals surface area contributed by atoms with Crippen LogP contribution in [0.2, 0.25) is 0 Å². The number of para-hydroxylation sites is 1. The molecule has 0 aliphatic carbocycles. The van der Waals surface area contributed by atoms with Gasteiger partial charge < -0.3 is 0 Å². The lowest BCUT2D eigenvalue weighted by molar-refractivity contribution is 0.241. The summed E-state index contributed by atoms with van der Waals surface area (Å²) in [4.78, 5) is 0. The van der Waals surface area contributed by atoms with Crippen molar-refractivity contribution in [3.05, 3.63) is 65.7 Å². The molecule has 1 aliphatic heterocycles. The van der Waals surface area contributed by atoms with Crippen LogP contribution in [0.1, 0.15) is 31.0 Å². The number of likely N-dealkylation sites (N-methyl/N-ethyl adjacent to an activating group) is 1. The van der Waals surface area contributed by atoms with Crippen LogP contribution in [0.5, 0.6) is 0 Å². The summed E-state index contributed by atoms with van der Waals surface area (Å²) in [7, 11) is 0. The molecule has 0 N–H and O–H groups in total. The van der Waals surface area contributed by atoms with E-state index in [1.165, 1.54) is 23.2 Å². The Labute approximate surface area is 116 Å². The van der Waals surface area contributed by atoms with Gasteiger partial charge in [-0.3, -0.25) is 4.48 Å². The number of hydrogen-bond donors (Lipinski definition) is 0. The Morgan fingerprint density at radius 1 is 0.895 bits per heavy atom. The first-order valence-electron chi connectivity index (χ1n) is 7.32. The van der Waals surface area contributed by atoms with Crippen LogP contribution in [0.4, 0.5) is 5.69 Å². The Morgan fingerprint density at radius 3 is 2.21 bits per heavy atom. The largest absolute Gasteiger partial charge is 0.285 e. The second-order valence-corrected chi connectivity index (χ2v) is 5.43. The second kappa shape index (κ2) is 4.82. The Hall–Kier alpha value is -1.60. The molecule has 98 valence electrons. The number of quaternary nitrogens is 1. The fourth-order valence-electron chi connectivity index (χ4n) is 3.75. The van der Waals surface area contributed by atoms with Crippen molar-refractivity contribution in [2.24, 2.45) is 0 Å². The minimum absolute atomic E-state index is 0.577. The van der Waals surface area contributed by atoms with Crippen LogP contribution < -0.4 is 4.48 Å². The van der Waals surface area contributed by atoms with E-state index >= 15 is 0 Å². The van der Waals surface area contributed by atoms with Crippen LogP contribution >= 0.6 is 0 Å². The molecule has 0 amide bonds. The highest BCUT2D eigenvalue weighted by Gasteiger charge is 2.44. The molecule has 0 saturated carbocycles. The molecule has 0 bridgehead atoms. The van der Waals surface area contributed by atoms with E-state index in [0.29, 0.717) is 6.04 Å². The predicted molar refractivity (Wildman–Crippen MR) is 82.2 cm³/mol. The normalized spacial score (nSPS) is 20.2. The van der Waals surface area contributed by atoms with Gasteiger partial charge in [0.1, 0.15) is 11.7 Å². The van der Waals surface area contributed by atoms with Crippen LogP contribution in [-0.4, -0.2) is 13.1 Å². The first kappa shape index (κ1) is 12.4. The molecule has 1 atom stereocenters. The van der Waals surface area contributed by atoms with Gasteiger partial charge in [0.05, 0.1) is 13.1 Å². The minimum Gasteiger partial charge on any atom is -0.285 e. The second-order valence-electron chi connectivity index (χ2n) is 5.43. The van der Waals surface area contributed by atoms with Gasteiger partial charge in [-0.1, -0.05) is 48.5 Å². The van der Waals surface area contributed by atoms with Crippen LogP contribution in [0.3, 0.4) is 0 Å². The molecule has 3 rings (SSSR count). The van der Waals surface area contributed by atoms with Crippen molar-refractivity contribution in [3.8, 4) is 0 Å². The van der Waals surface area contributed by atoms with Gasteiger partial charge in [-0.2, -0.15) is 0 Å². The summed E-state index contributed by atoms with van der Waals surface area (Å²) in [6.45, 7) is 6.96. The average molecular weight is 252 g/mol. The highest BCUT2D eigenvalue weighted by molar-refractivity contribution is 5.57. The Bertz CT molecular complexity index is 555. The standard InChI is InChI=1S/C18H22N/c1-3-19(4-2)17-13-9-8-12-16(17)14-18(19)15-10-6-5-7-11-15/h5-13,18H,3-4,14H2,1-2H3/q+1. The van der Waals surface area contributed by atoms with E-state index in [-0.39, 0.29) is 0 Å². The third kappa shape index (κ3) is 1.81. The molecule has 2 aromatic carbocycles. The zero-order valence-electron chi connectivity index (χ0n) is 11.8. The Kier molecular flexibility index (Phi) is 3.16. The van der Waals surface area contributed by atoms with Crippen LogP contribution in [0, 0.1) is 0 Å². The van der Waals surface area contributed by atoms with E-state index in [9.17, 15) is 0 Å². The topological polar surface area (TPSA) is 0 Å². The lowest BCUT2D eigenvalue weighted by atomic mass is 10.0. The van der Waals surface area contributed by atoms with E-state index in [0.717, 1.165) is 17.6 Å². The van der Waals surface area contributed by atoms with Gasteiger partial charge in [0.25, 0.3) is 0 Å². The highest BCUT2D eigenvalue weighted by Crippen LogP contribution is 2.46. The molecule has 0 radical (unpaired) electrons. The molecule has 0 aromatic heterocycles. The summed E-state index contributed by atoms with van der Waals surface area (Å²) in [6, 6.07) is 20.6. The van der Waals surface area contributed by atoms with E-state index in [1.54, 1.807) is 0 Å². The van der Waals surface area contributed by atoms with Crippen molar-refractivity contribution in [2.75, 3.05) is 13.1 Å². The number of nitrogens with zero attached hydrogens (tertiary/aromatic N) is 1. The lowest BCUT2D eigenvalue weighted by Gasteiger charge is -2.39. The molecule has 1 heteroatoms. The molecular weight excluding hydrogens is 230 g/mol. The molecular formula is C18H22N+. The molecule has 2 aromatic rings. The Morgan fingerprint density at radius 2 is 1.53 bits per heavy atom. The van der Waals surface area contributed by atoms with Crippen molar-refractivity contribution < 1.29 is 0 Å². The number of fused-ring (bicyclic) bond motifs is 1. The maximum atomic E-state index is 2.32. The molecule has 1 nitrogen and oxygen atoms in total. The smallest absolute Gasteiger partial charge is 0.136 e. The van der Waals surface area contributed by atoms with Gasteiger partial charge in [-0.05, 0) is 19.9 Å². The van der Waals surface area contributed by atoms with Crippen LogP contribution in [0.25, 0.3) is 0 Å². The predicted octanol–water partition coefficient (Wildman–Crippen LogP) is 4.33. The number of rotatable bonds is 3. The molecule has 1 unspecified atom stereocenters. The maximum absolute atomic E-state index is 2.32. The van der Waals surface area contributed by atoms with Crippen LogP contribution in [-0.2, 0) is 6.42 Å². The van der Waals surface area contributed by atoms with Gasteiger partial charge in [0.15, 0.2) is 0 Å². The molecule has 19 heavy (non-hydrogen) atoms. The van der Waals surface area contributed by atoms with Gasteiger partial charge in [-0.15, -0.1) is 0 Å². The zero-order valence-corrected chi connectivity index (χ0v) is 11.8. The van der Waals surface area contributed by atoms with E-state index in [2.05, 4.69) is 68.4 Å². The summed E-state index contributed by atoms with van der Waals surface area (Å²) in [5.74, 6) is 0. The van der Waals surface area contributed by atoms with E-state index in [4.69, 9.17) is 0 Å². The highest BCUT2D eigenvalue weighted by atomic mass is 15.4. The van der Waals surface area contributed by atoms with Gasteiger partial charge in [0, 0.05) is 17.5 Å². The Balaban J connectivity index is 2.13. The molecule has 0 spiro atoms. The van der Waals surface area contributed by atoms with Crippen molar-refractivity contribution in [1.29, 1.82) is 0 Å². The van der Waals surface area contributed by atoms with E-state index < -0.39 is 0 Å². The SMILES string of the molecule is CC[N+]1(CC)c2ccccc2CC1c1ccccc1. The number of hydrogen-bond acceptors (Lipinski definition) is 0. The van der Waals surface area contributed by atoms with Gasteiger partial charge >= 0.3 is 0 Å². The zero-order chi connectivity index (χ0) is 13.3. The summed E-state index contributed by atoms with van der Waals surface area (Å²) in [6.07, 6.45) is 1.17. The summed E-state index contributed by atoms with van der Waals surface area (Å²) >= 11 is 0. The van der Waals surface area contributed by atoms with Crippen molar-refractivity contribution >= 4 is 5.69 Å². The quantitative estimate of drug-likeness (QED) is 0.713. The monoisotopic (exact) mass is 252 g/mol. The summed E-state index contributed by atoms with van der Waals surface area (Å²) in [5.41, 5.74) is 4.53. The fourth-order valence-corrected chi connectivity index (χ4v) is 3.75. The minimum atomic E-state index is 0.577. The summed E-state index contributed by atoms with van der Waals surface area (Å²) in [5, 5.41) is 0.